The molecule has 2 aromatic rings. The van der Waals surface area contributed by atoms with Gasteiger partial charge in [0.2, 0.25) is 0 Å². The molecule has 0 radical (unpaired) electrons. The van der Waals surface area contributed by atoms with Gasteiger partial charge in [-0.05, 0) is 11.1 Å². The largest absolute Gasteiger partial charge is 0.379 e. The van der Waals surface area contributed by atoms with Crippen molar-refractivity contribution < 1.29 is 5.11 Å². The smallest absolute Gasteiger partial charge is 0.127 e. The van der Waals surface area contributed by atoms with E-state index in [9.17, 15) is 5.11 Å². The van der Waals surface area contributed by atoms with Gasteiger partial charge in [0.1, 0.15) is 5.60 Å². The Hall–Kier alpha value is -0.940. The summed E-state index contributed by atoms with van der Waals surface area (Å²) in [6.07, 6.45) is 0. The first-order chi connectivity index (χ1) is 11.8. The molecule has 1 N–H and O–H groups in total. The first-order valence-electron chi connectivity index (χ1n) is 8.50. The van der Waals surface area contributed by atoms with Gasteiger partial charge in [-0.1, -0.05) is 60.7 Å². The third kappa shape index (κ3) is 4.57. The van der Waals surface area contributed by atoms with Gasteiger partial charge in [0.15, 0.2) is 0 Å². The molecule has 4 heteroatoms. The van der Waals surface area contributed by atoms with E-state index in [4.69, 9.17) is 0 Å². The predicted molar refractivity (Wildman–Crippen MR) is 107 cm³/mol. The Bertz CT molecular complexity index is 556. The van der Waals surface area contributed by atoms with E-state index in [0.29, 0.717) is 6.54 Å². The molecule has 1 heterocycles. The number of β-amino-alcohol motifs (C(OH)–C–C–N with tert-alkyl or cyclic N) is 1. The van der Waals surface area contributed by atoms with Gasteiger partial charge in [-0.3, -0.25) is 4.90 Å². The zero-order valence-corrected chi connectivity index (χ0v) is 15.6. The standard InChI is InChI=1S/C20H25NOS2/c22-20(18-7-3-1-4-8-18,19-9-5-2-6-10-19)17-21-11-13-23-15-16-24-14-12-21/h1-10,22H,11-17H2. The molecule has 0 aromatic heterocycles. The fraction of sp³-hybridized carbons (Fsp3) is 0.400. The van der Waals surface area contributed by atoms with Crippen molar-refractivity contribution >= 4 is 23.5 Å². The lowest BCUT2D eigenvalue weighted by atomic mass is 9.86. The summed E-state index contributed by atoms with van der Waals surface area (Å²) in [5.41, 5.74) is 0.971. The van der Waals surface area contributed by atoms with E-state index < -0.39 is 5.60 Å². The van der Waals surface area contributed by atoms with Gasteiger partial charge < -0.3 is 5.11 Å². The molecule has 2 aromatic carbocycles. The molecule has 0 spiro atoms. The normalized spacial score (nSPS) is 17.7. The summed E-state index contributed by atoms with van der Waals surface area (Å²) in [6, 6.07) is 20.2. The molecule has 2 nitrogen and oxygen atoms in total. The number of nitrogens with zero attached hydrogens (tertiary/aromatic N) is 1. The highest BCUT2D eigenvalue weighted by atomic mass is 32.2. The van der Waals surface area contributed by atoms with Crippen LogP contribution in [-0.2, 0) is 5.60 Å². The summed E-state index contributed by atoms with van der Waals surface area (Å²) in [5.74, 6) is 4.75. The lowest BCUT2D eigenvalue weighted by Gasteiger charge is -2.35. The molecular weight excluding hydrogens is 334 g/mol. The third-order valence-electron chi connectivity index (χ3n) is 4.43. The lowest BCUT2D eigenvalue weighted by molar-refractivity contribution is 0.0396. The number of benzene rings is 2. The van der Waals surface area contributed by atoms with Crippen LogP contribution < -0.4 is 0 Å². The Morgan fingerprint density at radius 2 is 1.21 bits per heavy atom. The van der Waals surface area contributed by atoms with Crippen LogP contribution in [0.25, 0.3) is 0 Å². The maximum atomic E-state index is 11.7. The minimum Gasteiger partial charge on any atom is -0.379 e. The van der Waals surface area contributed by atoms with Crippen LogP contribution in [0.2, 0.25) is 0 Å². The van der Waals surface area contributed by atoms with Gasteiger partial charge in [0.25, 0.3) is 0 Å². The summed E-state index contributed by atoms with van der Waals surface area (Å²) >= 11 is 4.04. The topological polar surface area (TPSA) is 23.5 Å². The second-order valence-electron chi connectivity index (χ2n) is 6.09. The SMILES string of the molecule is OC(CN1CCSCCSCC1)(c1ccccc1)c1ccccc1. The third-order valence-corrected chi connectivity index (χ3v) is 6.62. The van der Waals surface area contributed by atoms with E-state index in [0.717, 1.165) is 35.7 Å². The van der Waals surface area contributed by atoms with Crippen molar-refractivity contribution in [3.05, 3.63) is 71.8 Å². The molecule has 128 valence electrons. The molecule has 1 aliphatic heterocycles. The summed E-state index contributed by atoms with van der Waals surface area (Å²) in [4.78, 5) is 2.42. The van der Waals surface area contributed by atoms with Gasteiger partial charge in [-0.15, -0.1) is 0 Å². The zero-order chi connectivity index (χ0) is 16.7. The minimum absolute atomic E-state index is 0.641. The van der Waals surface area contributed by atoms with Crippen LogP contribution in [0.1, 0.15) is 11.1 Å². The molecule has 0 atom stereocenters. The van der Waals surface area contributed by atoms with Crippen molar-refractivity contribution in [1.82, 2.24) is 4.90 Å². The van der Waals surface area contributed by atoms with Gasteiger partial charge in [0, 0.05) is 42.6 Å². The van der Waals surface area contributed by atoms with Crippen LogP contribution in [-0.4, -0.2) is 52.7 Å². The van der Waals surface area contributed by atoms with Gasteiger partial charge in [0.05, 0.1) is 0 Å². The average molecular weight is 360 g/mol. The number of hydrogen-bond donors (Lipinski definition) is 1. The molecule has 0 bridgehead atoms. The van der Waals surface area contributed by atoms with Crippen molar-refractivity contribution in [2.24, 2.45) is 0 Å². The van der Waals surface area contributed by atoms with E-state index >= 15 is 0 Å². The van der Waals surface area contributed by atoms with E-state index in [-0.39, 0.29) is 0 Å². The summed E-state index contributed by atoms with van der Waals surface area (Å²) in [5, 5.41) is 11.7. The van der Waals surface area contributed by atoms with Crippen molar-refractivity contribution in [3.63, 3.8) is 0 Å². The van der Waals surface area contributed by atoms with Gasteiger partial charge in [-0.25, -0.2) is 0 Å². The molecular formula is C20H25NOS2. The highest BCUT2D eigenvalue weighted by Gasteiger charge is 2.33. The Kier molecular flexibility index (Phi) is 6.67. The monoisotopic (exact) mass is 359 g/mol. The summed E-state index contributed by atoms with van der Waals surface area (Å²) in [6.45, 7) is 2.71. The highest BCUT2D eigenvalue weighted by molar-refractivity contribution is 8.02. The lowest BCUT2D eigenvalue weighted by Crippen LogP contribution is -2.43. The van der Waals surface area contributed by atoms with Crippen LogP contribution in [0.5, 0.6) is 0 Å². The number of aliphatic hydroxyl groups is 1. The van der Waals surface area contributed by atoms with E-state index in [1.165, 1.54) is 11.5 Å². The quantitative estimate of drug-likeness (QED) is 0.899. The molecule has 1 fully saturated rings. The van der Waals surface area contributed by atoms with Crippen molar-refractivity contribution in [3.8, 4) is 0 Å². The van der Waals surface area contributed by atoms with Crippen molar-refractivity contribution in [1.29, 1.82) is 0 Å². The van der Waals surface area contributed by atoms with Gasteiger partial charge in [-0.2, -0.15) is 23.5 Å². The Labute approximate surface area is 153 Å². The van der Waals surface area contributed by atoms with Crippen LogP contribution in [0.3, 0.4) is 0 Å². The van der Waals surface area contributed by atoms with E-state index in [2.05, 4.69) is 4.90 Å². The number of hydrogen-bond acceptors (Lipinski definition) is 4. The number of rotatable bonds is 4. The molecule has 1 aliphatic rings. The predicted octanol–water partition coefficient (Wildman–Crippen LogP) is 3.70. The highest BCUT2D eigenvalue weighted by Crippen LogP contribution is 2.31. The Balaban J connectivity index is 1.87. The fourth-order valence-electron chi connectivity index (χ4n) is 3.08. The van der Waals surface area contributed by atoms with Crippen molar-refractivity contribution in [2.75, 3.05) is 42.6 Å². The Morgan fingerprint density at radius 1 is 0.750 bits per heavy atom. The van der Waals surface area contributed by atoms with Crippen LogP contribution in [0, 0.1) is 0 Å². The Morgan fingerprint density at radius 3 is 1.67 bits per heavy atom. The first kappa shape index (κ1) is 17.9. The second-order valence-corrected chi connectivity index (χ2v) is 8.54. The maximum Gasteiger partial charge on any atom is 0.127 e. The second kappa shape index (κ2) is 8.95. The van der Waals surface area contributed by atoms with Gasteiger partial charge >= 0.3 is 0 Å². The molecule has 3 rings (SSSR count). The van der Waals surface area contributed by atoms with Crippen LogP contribution in [0.15, 0.2) is 60.7 Å². The molecule has 0 unspecified atom stereocenters. The maximum absolute atomic E-state index is 11.7. The number of thioether (sulfide) groups is 2. The molecule has 0 saturated carbocycles. The van der Waals surface area contributed by atoms with E-state index in [1.807, 2.05) is 84.2 Å². The average Bonchev–Trinajstić information content (AvgIpc) is 2.77. The molecule has 0 amide bonds. The molecule has 0 aliphatic carbocycles. The van der Waals surface area contributed by atoms with Crippen LogP contribution >= 0.6 is 23.5 Å². The van der Waals surface area contributed by atoms with Crippen molar-refractivity contribution in [2.45, 2.75) is 5.60 Å². The molecule has 24 heavy (non-hydrogen) atoms. The zero-order valence-electron chi connectivity index (χ0n) is 13.9. The molecule has 1 saturated heterocycles. The minimum atomic E-state index is -0.966. The first-order valence-corrected chi connectivity index (χ1v) is 10.8. The van der Waals surface area contributed by atoms with E-state index in [1.54, 1.807) is 0 Å². The summed E-state index contributed by atoms with van der Waals surface area (Å²) in [7, 11) is 0. The van der Waals surface area contributed by atoms with Crippen LogP contribution in [0.4, 0.5) is 0 Å². The fourth-order valence-corrected chi connectivity index (χ4v) is 5.21. The summed E-state index contributed by atoms with van der Waals surface area (Å²) < 4.78 is 0.